The summed E-state index contributed by atoms with van der Waals surface area (Å²) >= 11 is 1.26. The van der Waals surface area contributed by atoms with E-state index in [-0.39, 0.29) is 36.5 Å². The van der Waals surface area contributed by atoms with E-state index in [2.05, 4.69) is 9.97 Å². The Bertz CT molecular complexity index is 491. The van der Waals surface area contributed by atoms with Gasteiger partial charge in [-0.15, -0.1) is 0 Å². The van der Waals surface area contributed by atoms with Crippen LogP contribution >= 0.6 is 11.8 Å². The van der Waals surface area contributed by atoms with Crippen molar-refractivity contribution in [2.75, 3.05) is 12.9 Å². The third-order valence-corrected chi connectivity index (χ3v) is 2.76. The molecule has 0 radical (unpaired) electrons. The van der Waals surface area contributed by atoms with Gasteiger partial charge in [0.1, 0.15) is 17.5 Å². The lowest BCUT2D eigenvalue weighted by Crippen LogP contribution is -2.15. The van der Waals surface area contributed by atoms with E-state index in [9.17, 15) is 14.4 Å². The number of carbonyl (C=O) groups excluding carboxylic acids is 3. The molecule has 19 heavy (non-hydrogen) atoms. The fraction of sp³-hybridized carbons (Fsp3) is 0.417. The van der Waals surface area contributed by atoms with E-state index in [0.717, 1.165) is 0 Å². The van der Waals surface area contributed by atoms with E-state index in [0.29, 0.717) is 11.4 Å². The third kappa shape index (κ3) is 4.13. The van der Waals surface area contributed by atoms with Crippen LogP contribution in [-0.2, 0) is 9.53 Å². The number of hydrogen-bond acceptors (Lipinski definition) is 7. The van der Waals surface area contributed by atoms with Crippen LogP contribution in [0.15, 0.2) is 11.4 Å². The normalized spacial score (nSPS) is 10.0. The van der Waals surface area contributed by atoms with Gasteiger partial charge in [0.2, 0.25) is 0 Å². The summed E-state index contributed by atoms with van der Waals surface area (Å²) in [6, 6.07) is 0. The van der Waals surface area contributed by atoms with Crippen LogP contribution in [0, 0.1) is 0 Å². The quantitative estimate of drug-likeness (QED) is 0.246. The largest absolute Gasteiger partial charge is 0.462 e. The van der Waals surface area contributed by atoms with Crippen LogP contribution in [0.1, 0.15) is 40.6 Å². The van der Waals surface area contributed by atoms with Gasteiger partial charge in [-0.3, -0.25) is 4.79 Å². The lowest BCUT2D eigenvalue weighted by Gasteiger charge is -2.07. The Labute approximate surface area is 115 Å². The summed E-state index contributed by atoms with van der Waals surface area (Å²) in [6.45, 7) is 1.87. The maximum absolute atomic E-state index is 11.9. The van der Waals surface area contributed by atoms with Crippen molar-refractivity contribution < 1.29 is 19.1 Å². The van der Waals surface area contributed by atoms with Crippen molar-refractivity contribution >= 4 is 29.8 Å². The second kappa shape index (κ2) is 7.63. The van der Waals surface area contributed by atoms with Crippen molar-refractivity contribution in [1.82, 2.24) is 9.97 Å². The molecule has 0 aliphatic rings. The van der Waals surface area contributed by atoms with E-state index in [1.54, 1.807) is 13.2 Å². The summed E-state index contributed by atoms with van der Waals surface area (Å²) in [5.41, 5.74) is 0.0511. The summed E-state index contributed by atoms with van der Waals surface area (Å²) in [4.78, 5) is 41.9. The summed E-state index contributed by atoms with van der Waals surface area (Å²) in [7, 11) is 0. The molecular formula is C12H14N2O4S. The molecular weight excluding hydrogens is 268 g/mol. The standard InChI is InChI=1S/C12H14N2O4S/c1-3-18-11(17)8-7-13-12(19-2)14-10(8)9(16)5-4-6-15/h6-7H,3-5H2,1-2H3. The molecule has 0 saturated carbocycles. The fourth-order valence-electron chi connectivity index (χ4n) is 1.34. The zero-order valence-corrected chi connectivity index (χ0v) is 11.5. The van der Waals surface area contributed by atoms with Crippen molar-refractivity contribution in [2.45, 2.75) is 24.9 Å². The SMILES string of the molecule is CCOC(=O)c1cnc(SC)nc1C(=O)CCC=O. The van der Waals surface area contributed by atoms with Gasteiger partial charge < -0.3 is 9.53 Å². The van der Waals surface area contributed by atoms with Crippen molar-refractivity contribution in [3.63, 3.8) is 0 Å². The van der Waals surface area contributed by atoms with Crippen molar-refractivity contribution in [3.8, 4) is 0 Å². The number of hydrogen-bond donors (Lipinski definition) is 0. The fourth-order valence-corrected chi connectivity index (χ4v) is 1.68. The number of ether oxygens (including phenoxy) is 1. The number of esters is 1. The van der Waals surface area contributed by atoms with E-state index in [1.807, 2.05) is 0 Å². The average Bonchev–Trinajstić information content (AvgIpc) is 2.44. The second-order valence-corrected chi connectivity index (χ2v) is 4.24. The maximum atomic E-state index is 11.9. The third-order valence-electron chi connectivity index (χ3n) is 2.20. The van der Waals surface area contributed by atoms with Crippen LogP contribution < -0.4 is 0 Å². The predicted octanol–water partition coefficient (Wildman–Crippen LogP) is 1.54. The van der Waals surface area contributed by atoms with Crippen LogP contribution in [-0.4, -0.2) is 40.9 Å². The van der Waals surface area contributed by atoms with Gasteiger partial charge in [-0.25, -0.2) is 14.8 Å². The van der Waals surface area contributed by atoms with Crippen molar-refractivity contribution in [1.29, 1.82) is 0 Å². The van der Waals surface area contributed by atoms with Crippen LogP contribution in [0.3, 0.4) is 0 Å². The highest BCUT2D eigenvalue weighted by Crippen LogP contribution is 2.15. The first-order valence-corrected chi connectivity index (χ1v) is 6.91. The van der Waals surface area contributed by atoms with Gasteiger partial charge in [0.25, 0.3) is 0 Å². The Morgan fingerprint density at radius 3 is 2.79 bits per heavy atom. The Morgan fingerprint density at radius 2 is 2.21 bits per heavy atom. The van der Waals surface area contributed by atoms with Gasteiger partial charge >= 0.3 is 5.97 Å². The average molecular weight is 282 g/mol. The lowest BCUT2D eigenvalue weighted by atomic mass is 10.1. The molecule has 0 atom stereocenters. The number of carbonyl (C=O) groups is 3. The molecule has 0 fully saturated rings. The van der Waals surface area contributed by atoms with Gasteiger partial charge in [-0.2, -0.15) is 0 Å². The summed E-state index contributed by atoms with van der Waals surface area (Å²) in [5, 5.41) is 0.391. The molecule has 6 nitrogen and oxygen atoms in total. The molecule has 0 aliphatic heterocycles. The predicted molar refractivity (Wildman–Crippen MR) is 69.4 cm³/mol. The molecule has 0 spiro atoms. The smallest absolute Gasteiger partial charge is 0.342 e. The molecule has 0 aromatic carbocycles. The molecule has 1 aromatic rings. The van der Waals surface area contributed by atoms with Crippen LogP contribution in [0.5, 0.6) is 0 Å². The van der Waals surface area contributed by atoms with Gasteiger partial charge in [0.05, 0.1) is 6.61 Å². The van der Waals surface area contributed by atoms with Gasteiger partial charge in [-0.1, -0.05) is 11.8 Å². The first kappa shape index (κ1) is 15.3. The minimum absolute atomic E-state index is 0.0136. The highest BCUT2D eigenvalue weighted by molar-refractivity contribution is 7.98. The molecule has 0 aliphatic carbocycles. The summed E-state index contributed by atoms with van der Waals surface area (Å²) in [5.74, 6) is -1.00. The van der Waals surface area contributed by atoms with E-state index < -0.39 is 5.97 Å². The number of nitrogens with zero attached hydrogens (tertiary/aromatic N) is 2. The number of aromatic nitrogens is 2. The zero-order chi connectivity index (χ0) is 14.3. The Morgan fingerprint density at radius 1 is 1.47 bits per heavy atom. The van der Waals surface area contributed by atoms with Crippen LogP contribution in [0.2, 0.25) is 0 Å². The Hall–Kier alpha value is -1.76. The molecule has 0 amide bonds. The molecule has 1 aromatic heterocycles. The molecule has 0 saturated heterocycles. The second-order valence-electron chi connectivity index (χ2n) is 3.47. The molecule has 0 bridgehead atoms. The summed E-state index contributed by atoms with van der Waals surface area (Å²) < 4.78 is 4.85. The summed E-state index contributed by atoms with van der Waals surface area (Å²) in [6.07, 6.45) is 3.81. The minimum atomic E-state index is -0.635. The Balaban J connectivity index is 3.11. The molecule has 102 valence electrons. The first-order valence-electron chi connectivity index (χ1n) is 5.69. The number of thioether (sulfide) groups is 1. The monoisotopic (exact) mass is 282 g/mol. The maximum Gasteiger partial charge on any atom is 0.342 e. The molecule has 7 heteroatoms. The number of ketones is 1. The van der Waals surface area contributed by atoms with Crippen molar-refractivity contribution in [3.05, 3.63) is 17.5 Å². The van der Waals surface area contributed by atoms with Gasteiger partial charge in [0.15, 0.2) is 10.9 Å². The molecule has 0 unspecified atom stereocenters. The Kier molecular flexibility index (Phi) is 6.14. The molecule has 0 N–H and O–H groups in total. The van der Waals surface area contributed by atoms with Crippen LogP contribution in [0.25, 0.3) is 0 Å². The number of aldehydes is 1. The first-order chi connectivity index (χ1) is 9.13. The molecule has 1 heterocycles. The van der Waals surface area contributed by atoms with E-state index in [1.165, 1.54) is 18.0 Å². The highest BCUT2D eigenvalue weighted by Gasteiger charge is 2.20. The van der Waals surface area contributed by atoms with Crippen LogP contribution in [0.4, 0.5) is 0 Å². The topological polar surface area (TPSA) is 86.2 Å². The number of Topliss-reactive ketones (excluding diaryl/α,β-unsaturated/α-hetero) is 1. The minimum Gasteiger partial charge on any atom is -0.462 e. The van der Waals surface area contributed by atoms with E-state index >= 15 is 0 Å². The highest BCUT2D eigenvalue weighted by atomic mass is 32.2. The van der Waals surface area contributed by atoms with Gasteiger partial charge in [-0.05, 0) is 13.2 Å². The lowest BCUT2D eigenvalue weighted by molar-refractivity contribution is -0.107. The molecule has 1 rings (SSSR count). The van der Waals surface area contributed by atoms with Crippen molar-refractivity contribution in [2.24, 2.45) is 0 Å². The zero-order valence-electron chi connectivity index (χ0n) is 10.7. The van der Waals surface area contributed by atoms with E-state index in [4.69, 9.17) is 4.74 Å². The van der Waals surface area contributed by atoms with Gasteiger partial charge in [0, 0.05) is 19.0 Å². The number of rotatable bonds is 7.